The number of hydrogen-bond acceptors (Lipinski definition) is 4. The van der Waals surface area contributed by atoms with E-state index in [9.17, 15) is 22.7 Å². The van der Waals surface area contributed by atoms with Crippen molar-refractivity contribution in [3.8, 4) is 0 Å². The van der Waals surface area contributed by atoms with E-state index in [-0.39, 0.29) is 27.1 Å². The van der Waals surface area contributed by atoms with Crippen LogP contribution in [0.5, 0.6) is 0 Å². The number of carboxylic acid groups (broad SMARTS) is 1. The van der Waals surface area contributed by atoms with Gasteiger partial charge >= 0.3 is 5.97 Å². The molecule has 8 heteroatoms. The average molecular weight is 467 g/mol. The number of benzene rings is 3. The second-order valence-corrected chi connectivity index (χ2v) is 9.74. The van der Waals surface area contributed by atoms with Crippen LogP contribution in [0.1, 0.15) is 16.8 Å². The Morgan fingerprint density at radius 2 is 1.55 bits per heavy atom. The zero-order chi connectivity index (χ0) is 23.9. The molecule has 33 heavy (non-hydrogen) atoms. The summed E-state index contributed by atoms with van der Waals surface area (Å²) in [4.78, 5) is 13.4. The van der Waals surface area contributed by atoms with Crippen LogP contribution in [0.2, 0.25) is 0 Å². The van der Waals surface area contributed by atoms with Gasteiger partial charge in [-0.3, -0.25) is 4.79 Å². The Kier molecular flexibility index (Phi) is 5.71. The van der Waals surface area contributed by atoms with Crippen LogP contribution in [0.15, 0.2) is 71.6 Å². The molecule has 6 nitrogen and oxygen atoms in total. The van der Waals surface area contributed by atoms with Gasteiger partial charge < -0.3 is 10.0 Å². The topological polar surface area (TPSA) is 79.6 Å². The van der Waals surface area contributed by atoms with Crippen molar-refractivity contribution in [1.29, 1.82) is 0 Å². The number of fused-ring (bicyclic) bond motifs is 1. The van der Waals surface area contributed by atoms with Crippen LogP contribution in [-0.4, -0.2) is 30.5 Å². The summed E-state index contributed by atoms with van der Waals surface area (Å²) >= 11 is 0. The molecule has 0 aliphatic carbocycles. The molecule has 0 saturated carbocycles. The Bertz CT molecular complexity index is 1460. The average Bonchev–Trinajstić information content (AvgIpc) is 3.05. The van der Waals surface area contributed by atoms with E-state index >= 15 is 0 Å². The number of halogens is 1. The third-order valence-corrected chi connectivity index (χ3v) is 7.57. The van der Waals surface area contributed by atoms with Gasteiger partial charge in [-0.15, -0.1) is 0 Å². The number of nitrogens with zero attached hydrogens (tertiary/aromatic N) is 2. The third kappa shape index (κ3) is 4.09. The molecular weight excluding hydrogens is 443 g/mol. The summed E-state index contributed by atoms with van der Waals surface area (Å²) in [7, 11) is -2.16. The molecule has 3 aromatic carbocycles. The molecule has 0 saturated heterocycles. The second kappa shape index (κ2) is 8.37. The van der Waals surface area contributed by atoms with Crippen LogP contribution in [-0.2, 0) is 21.2 Å². The number of hydrogen-bond donors (Lipinski definition) is 1. The van der Waals surface area contributed by atoms with Crippen LogP contribution in [0.25, 0.3) is 10.9 Å². The summed E-state index contributed by atoms with van der Waals surface area (Å²) in [5, 5.41) is 9.56. The van der Waals surface area contributed by atoms with Gasteiger partial charge in [0.2, 0.25) is 0 Å². The lowest BCUT2D eigenvalue weighted by Gasteiger charge is -2.20. The summed E-state index contributed by atoms with van der Waals surface area (Å²) in [6.07, 6.45) is -0.408. The van der Waals surface area contributed by atoms with Crippen molar-refractivity contribution in [2.45, 2.75) is 25.2 Å². The molecule has 1 N–H and O–H groups in total. The van der Waals surface area contributed by atoms with Crippen LogP contribution in [0.3, 0.4) is 0 Å². The minimum atomic E-state index is -4.05. The van der Waals surface area contributed by atoms with Gasteiger partial charge in [0.15, 0.2) is 0 Å². The highest BCUT2D eigenvalue weighted by atomic mass is 32.2. The van der Waals surface area contributed by atoms with E-state index in [0.717, 1.165) is 27.0 Å². The Balaban J connectivity index is 1.78. The normalized spacial score (nSPS) is 11.6. The molecule has 0 aliphatic rings. The first-order valence-corrected chi connectivity index (χ1v) is 11.7. The number of aryl methyl sites for hydroxylation is 1. The highest BCUT2D eigenvalue weighted by Crippen LogP contribution is 2.32. The predicted octanol–water partition coefficient (Wildman–Crippen LogP) is 5.03. The number of anilines is 2. The molecule has 0 unspecified atom stereocenters. The van der Waals surface area contributed by atoms with Crippen molar-refractivity contribution in [1.82, 2.24) is 3.97 Å². The van der Waals surface area contributed by atoms with E-state index in [1.807, 2.05) is 43.1 Å². The molecule has 0 radical (unpaired) electrons. The van der Waals surface area contributed by atoms with E-state index < -0.39 is 28.2 Å². The van der Waals surface area contributed by atoms with E-state index in [4.69, 9.17) is 0 Å². The van der Waals surface area contributed by atoms with Gasteiger partial charge in [0.1, 0.15) is 5.82 Å². The van der Waals surface area contributed by atoms with Gasteiger partial charge in [-0.05, 0) is 74.0 Å². The molecule has 0 aliphatic heterocycles. The predicted molar refractivity (Wildman–Crippen MR) is 126 cm³/mol. The highest BCUT2D eigenvalue weighted by molar-refractivity contribution is 7.90. The number of carbonyl (C=O) groups is 1. The lowest BCUT2D eigenvalue weighted by atomic mass is 10.1. The molecular formula is C25H23FN2O4S. The van der Waals surface area contributed by atoms with Gasteiger partial charge in [0.25, 0.3) is 10.0 Å². The summed E-state index contributed by atoms with van der Waals surface area (Å²) in [5.74, 6) is -1.69. The molecule has 0 fully saturated rings. The first-order valence-electron chi connectivity index (χ1n) is 10.3. The van der Waals surface area contributed by atoms with Gasteiger partial charge in [-0.25, -0.2) is 16.8 Å². The molecule has 1 heterocycles. The maximum Gasteiger partial charge on any atom is 0.307 e. The lowest BCUT2D eigenvalue weighted by molar-refractivity contribution is -0.136. The fraction of sp³-hybridized carbons (Fsp3) is 0.160. The number of rotatable bonds is 6. The molecule has 1 aromatic heterocycles. The Labute approximate surface area is 191 Å². The van der Waals surface area contributed by atoms with E-state index in [0.29, 0.717) is 0 Å². The monoisotopic (exact) mass is 466 g/mol. The van der Waals surface area contributed by atoms with E-state index in [1.54, 1.807) is 12.1 Å². The fourth-order valence-electron chi connectivity index (χ4n) is 3.97. The number of carboxylic acids is 1. The Hall–Kier alpha value is -3.65. The SMILES string of the molecule is Cc1ccc(N(C)c2ccc(S(=O)(=O)n3c(C)c(CC(=O)O)c4cc(F)ccc43)cc2)cc1. The quantitative estimate of drug-likeness (QED) is 0.431. The van der Waals surface area contributed by atoms with Crippen molar-refractivity contribution in [3.05, 3.63) is 89.4 Å². The van der Waals surface area contributed by atoms with Crippen molar-refractivity contribution >= 4 is 38.3 Å². The molecule has 170 valence electrons. The molecule has 0 amide bonds. The summed E-state index contributed by atoms with van der Waals surface area (Å²) < 4.78 is 42.1. The van der Waals surface area contributed by atoms with Crippen LogP contribution >= 0.6 is 0 Å². The first kappa shape index (κ1) is 22.5. The van der Waals surface area contributed by atoms with Crippen LogP contribution in [0, 0.1) is 19.7 Å². The van der Waals surface area contributed by atoms with Gasteiger partial charge in [0, 0.05) is 29.5 Å². The standard InChI is InChI=1S/C25H23FN2O4S/c1-16-4-7-19(8-5-16)27(3)20-9-11-21(12-10-20)33(31,32)28-17(2)22(15-25(29)30)23-14-18(26)6-13-24(23)28/h4-14H,15H2,1-3H3,(H,29,30). The molecule has 0 atom stereocenters. The van der Waals surface area contributed by atoms with Crippen molar-refractivity contribution < 1.29 is 22.7 Å². The zero-order valence-corrected chi connectivity index (χ0v) is 19.2. The number of aliphatic carboxylic acids is 1. The first-order chi connectivity index (χ1) is 15.6. The smallest absolute Gasteiger partial charge is 0.307 e. The Morgan fingerprint density at radius 3 is 2.12 bits per heavy atom. The van der Waals surface area contributed by atoms with E-state index in [2.05, 4.69) is 0 Å². The third-order valence-electron chi connectivity index (χ3n) is 5.76. The van der Waals surface area contributed by atoms with Crippen LogP contribution in [0.4, 0.5) is 15.8 Å². The largest absolute Gasteiger partial charge is 0.481 e. The second-order valence-electron chi connectivity index (χ2n) is 7.95. The molecule has 0 spiro atoms. The number of aromatic nitrogens is 1. The van der Waals surface area contributed by atoms with Crippen molar-refractivity contribution in [2.24, 2.45) is 0 Å². The maximum atomic E-state index is 13.9. The lowest BCUT2D eigenvalue weighted by Crippen LogP contribution is -2.15. The van der Waals surface area contributed by atoms with Crippen molar-refractivity contribution in [2.75, 3.05) is 11.9 Å². The van der Waals surface area contributed by atoms with Crippen LogP contribution < -0.4 is 4.90 Å². The summed E-state index contributed by atoms with van der Waals surface area (Å²) in [6.45, 7) is 3.54. The minimum Gasteiger partial charge on any atom is -0.481 e. The highest BCUT2D eigenvalue weighted by Gasteiger charge is 2.26. The maximum absolute atomic E-state index is 13.9. The zero-order valence-electron chi connectivity index (χ0n) is 18.4. The van der Waals surface area contributed by atoms with Crippen molar-refractivity contribution in [3.63, 3.8) is 0 Å². The minimum absolute atomic E-state index is 0.0507. The summed E-state index contributed by atoms with van der Waals surface area (Å²) in [6, 6.07) is 18.1. The molecule has 0 bridgehead atoms. The molecule has 4 aromatic rings. The Morgan fingerprint density at radius 1 is 0.970 bits per heavy atom. The summed E-state index contributed by atoms with van der Waals surface area (Å²) in [5.41, 5.74) is 3.68. The van der Waals surface area contributed by atoms with E-state index in [1.165, 1.54) is 31.2 Å². The van der Waals surface area contributed by atoms with Gasteiger partial charge in [0.05, 0.1) is 16.8 Å². The van der Waals surface area contributed by atoms with Gasteiger partial charge in [-0.1, -0.05) is 17.7 Å². The molecule has 4 rings (SSSR count). The fourth-order valence-corrected chi connectivity index (χ4v) is 5.55. The van der Waals surface area contributed by atoms with Gasteiger partial charge in [-0.2, -0.15) is 0 Å².